The zero-order valence-electron chi connectivity index (χ0n) is 20.0. The van der Waals surface area contributed by atoms with Gasteiger partial charge in [-0.25, -0.2) is 9.78 Å². The molecule has 0 aliphatic heterocycles. The van der Waals surface area contributed by atoms with Gasteiger partial charge in [0.1, 0.15) is 11.6 Å². The maximum atomic E-state index is 12.2. The summed E-state index contributed by atoms with van der Waals surface area (Å²) in [5.74, 6) is -0.0793. The smallest absolute Gasteiger partial charge is 0.465 e. The number of hydrogen-bond acceptors (Lipinski definition) is 4. The van der Waals surface area contributed by atoms with Crippen LogP contribution in [0.3, 0.4) is 0 Å². The Morgan fingerprint density at radius 2 is 1.74 bits per heavy atom. The zero-order chi connectivity index (χ0) is 24.9. The number of benzene rings is 2. The summed E-state index contributed by atoms with van der Waals surface area (Å²) in [5.41, 5.74) is 4.02. The summed E-state index contributed by atoms with van der Waals surface area (Å²) in [4.78, 5) is 19.3. The fourth-order valence-corrected chi connectivity index (χ4v) is 4.14. The molecule has 1 heterocycles. The number of H-pyrrole nitrogens is 1. The summed E-state index contributed by atoms with van der Waals surface area (Å²) in [6.07, 6.45) is 2.99. The maximum absolute atomic E-state index is 12.2. The van der Waals surface area contributed by atoms with Crippen LogP contribution in [0.4, 0.5) is 13.2 Å². The Bertz CT molecular complexity index is 1110. The first-order valence-electron chi connectivity index (χ1n) is 11.4. The number of rotatable bonds is 4. The molecule has 184 valence electrons. The Hall–Kier alpha value is -3.03. The molecule has 5 nitrogen and oxygen atoms in total. The average molecular weight is 477 g/mol. The minimum absolute atomic E-state index is 0.274. The number of halogens is 3. The van der Waals surface area contributed by atoms with Gasteiger partial charge in [0.2, 0.25) is 0 Å². The van der Waals surface area contributed by atoms with E-state index in [1.165, 1.54) is 51.3 Å². The number of aromatic nitrogens is 2. The van der Waals surface area contributed by atoms with E-state index in [0.29, 0.717) is 28.7 Å². The topological polar surface area (TPSA) is 64.2 Å². The van der Waals surface area contributed by atoms with Crippen molar-refractivity contribution in [2.24, 2.45) is 5.41 Å². The molecule has 34 heavy (non-hydrogen) atoms. The monoisotopic (exact) mass is 476 g/mol. The highest BCUT2D eigenvalue weighted by molar-refractivity contribution is 5.95. The Morgan fingerprint density at radius 1 is 1.09 bits per heavy atom. The Balaban J connectivity index is 0.000000343. The lowest BCUT2D eigenvalue weighted by atomic mass is 9.78. The number of ether oxygens (including phenoxy) is 2. The molecule has 1 N–H and O–H groups in total. The maximum Gasteiger partial charge on any atom is 0.573 e. The van der Waals surface area contributed by atoms with Crippen molar-refractivity contribution in [3.05, 3.63) is 58.9 Å². The molecule has 1 fully saturated rings. The van der Waals surface area contributed by atoms with Crippen LogP contribution in [-0.4, -0.2) is 29.4 Å². The van der Waals surface area contributed by atoms with Crippen molar-refractivity contribution in [2.45, 2.75) is 65.7 Å². The van der Waals surface area contributed by atoms with E-state index in [-0.39, 0.29) is 5.75 Å². The molecular formula is C26H31F3N2O3. The lowest BCUT2D eigenvalue weighted by Gasteiger charge is -2.28. The number of aryl methyl sites for hydroxylation is 1. The number of imidazole rings is 1. The van der Waals surface area contributed by atoms with Crippen molar-refractivity contribution in [2.75, 3.05) is 7.11 Å². The summed E-state index contributed by atoms with van der Waals surface area (Å²) >= 11 is 0. The van der Waals surface area contributed by atoms with E-state index < -0.39 is 12.3 Å². The molecule has 1 saturated carbocycles. The van der Waals surface area contributed by atoms with E-state index in [1.807, 2.05) is 0 Å². The highest BCUT2D eigenvalue weighted by atomic mass is 19.4. The summed E-state index contributed by atoms with van der Waals surface area (Å²) in [5, 5.41) is 0. The molecule has 0 unspecified atom stereocenters. The molecule has 2 aromatic carbocycles. The molecule has 8 heteroatoms. The summed E-state index contributed by atoms with van der Waals surface area (Å²) < 4.78 is 45.1. The number of esters is 1. The zero-order valence-corrected chi connectivity index (χ0v) is 20.0. The minimum Gasteiger partial charge on any atom is -0.465 e. The van der Waals surface area contributed by atoms with E-state index in [2.05, 4.69) is 28.6 Å². The second-order valence-corrected chi connectivity index (χ2v) is 9.45. The van der Waals surface area contributed by atoms with Crippen LogP contribution in [0.15, 0.2) is 36.4 Å². The molecule has 3 aromatic rings. The third-order valence-electron chi connectivity index (χ3n) is 6.02. The summed E-state index contributed by atoms with van der Waals surface area (Å²) in [6.45, 7) is 6.56. The van der Waals surface area contributed by atoms with Crippen LogP contribution >= 0.6 is 0 Å². The van der Waals surface area contributed by atoms with Gasteiger partial charge < -0.3 is 14.5 Å². The van der Waals surface area contributed by atoms with Crippen molar-refractivity contribution in [3.8, 4) is 5.75 Å². The standard InChI is InChI=1S/C18H15F3N2O3.C8H16/c1-10-7-14-15(9-13(10)17(24)25-2)23-16(22-14)8-11-3-5-12(6-4-11)26-18(19,20)21;1-8(2)6-4-3-5-7-8/h3-7,9H,8H2,1-2H3,(H,22,23);3-7H2,1-2H3. The number of aromatic amines is 1. The molecule has 0 atom stereocenters. The van der Waals surface area contributed by atoms with Crippen LogP contribution in [0.25, 0.3) is 11.0 Å². The largest absolute Gasteiger partial charge is 0.573 e. The van der Waals surface area contributed by atoms with Crippen molar-refractivity contribution < 1.29 is 27.4 Å². The molecular weight excluding hydrogens is 445 g/mol. The fourth-order valence-electron chi connectivity index (χ4n) is 4.14. The molecule has 1 aliphatic rings. The van der Waals surface area contributed by atoms with Crippen LogP contribution < -0.4 is 4.74 Å². The number of fused-ring (bicyclic) bond motifs is 1. The van der Waals surface area contributed by atoms with Gasteiger partial charge >= 0.3 is 12.3 Å². The Morgan fingerprint density at radius 3 is 2.26 bits per heavy atom. The predicted molar refractivity (Wildman–Crippen MR) is 125 cm³/mol. The molecule has 0 spiro atoms. The first-order chi connectivity index (χ1) is 16.0. The normalized spacial score (nSPS) is 15.4. The van der Waals surface area contributed by atoms with Crippen molar-refractivity contribution in [1.29, 1.82) is 0 Å². The van der Waals surface area contributed by atoms with Crippen LogP contribution in [-0.2, 0) is 11.2 Å². The lowest BCUT2D eigenvalue weighted by molar-refractivity contribution is -0.274. The number of carbonyl (C=O) groups is 1. The predicted octanol–water partition coefficient (Wildman–Crippen LogP) is 7.12. The van der Waals surface area contributed by atoms with E-state index in [0.717, 1.165) is 16.6 Å². The fraction of sp³-hybridized carbons (Fsp3) is 0.462. The van der Waals surface area contributed by atoms with Gasteiger partial charge in [-0.05, 0) is 60.6 Å². The van der Waals surface area contributed by atoms with Gasteiger partial charge in [0, 0.05) is 6.42 Å². The van der Waals surface area contributed by atoms with E-state index in [4.69, 9.17) is 4.74 Å². The van der Waals surface area contributed by atoms with Gasteiger partial charge in [-0.1, -0.05) is 45.2 Å². The number of carbonyl (C=O) groups excluding carboxylic acids is 1. The second kappa shape index (κ2) is 10.5. The average Bonchev–Trinajstić information content (AvgIpc) is 3.14. The van der Waals surface area contributed by atoms with E-state index >= 15 is 0 Å². The number of methoxy groups -OCH3 is 1. The van der Waals surface area contributed by atoms with Crippen LogP contribution in [0, 0.1) is 12.3 Å². The van der Waals surface area contributed by atoms with Gasteiger partial charge in [-0.2, -0.15) is 0 Å². The number of nitrogens with one attached hydrogen (secondary N) is 1. The molecule has 0 radical (unpaired) electrons. The van der Waals surface area contributed by atoms with Gasteiger partial charge in [0.25, 0.3) is 0 Å². The van der Waals surface area contributed by atoms with Gasteiger partial charge in [0.15, 0.2) is 0 Å². The van der Waals surface area contributed by atoms with Crippen molar-refractivity contribution in [1.82, 2.24) is 9.97 Å². The lowest BCUT2D eigenvalue weighted by Crippen LogP contribution is -2.17. The van der Waals surface area contributed by atoms with E-state index in [1.54, 1.807) is 31.2 Å². The van der Waals surface area contributed by atoms with Gasteiger partial charge in [-0.15, -0.1) is 13.2 Å². The minimum atomic E-state index is -4.71. The van der Waals surface area contributed by atoms with Crippen LogP contribution in [0.5, 0.6) is 5.75 Å². The van der Waals surface area contributed by atoms with Crippen molar-refractivity contribution in [3.63, 3.8) is 0 Å². The van der Waals surface area contributed by atoms with Crippen LogP contribution in [0.1, 0.15) is 73.3 Å². The SMILES string of the molecule is CC1(C)CCCCC1.COC(=O)c1cc2nc(Cc3ccc(OC(F)(F)F)cc3)[nH]c2cc1C. The first kappa shape index (κ1) is 25.6. The molecule has 4 rings (SSSR count). The number of alkyl halides is 3. The second-order valence-electron chi connectivity index (χ2n) is 9.45. The van der Waals surface area contributed by atoms with Crippen LogP contribution in [0.2, 0.25) is 0 Å². The van der Waals surface area contributed by atoms with Crippen molar-refractivity contribution >= 4 is 17.0 Å². The molecule has 1 aliphatic carbocycles. The highest BCUT2D eigenvalue weighted by Gasteiger charge is 2.31. The quantitative estimate of drug-likeness (QED) is 0.407. The molecule has 1 aromatic heterocycles. The number of nitrogens with zero attached hydrogens (tertiary/aromatic N) is 1. The first-order valence-corrected chi connectivity index (χ1v) is 11.4. The number of hydrogen-bond donors (Lipinski definition) is 1. The van der Waals surface area contributed by atoms with Gasteiger partial charge in [-0.3, -0.25) is 0 Å². The molecule has 0 saturated heterocycles. The summed E-state index contributed by atoms with van der Waals surface area (Å²) in [6, 6.07) is 9.05. The Labute approximate surface area is 197 Å². The Kier molecular flexibility index (Phi) is 7.89. The summed E-state index contributed by atoms with van der Waals surface area (Å²) in [7, 11) is 1.31. The van der Waals surface area contributed by atoms with Gasteiger partial charge in [0.05, 0.1) is 23.7 Å². The third kappa shape index (κ3) is 7.23. The molecule has 0 bridgehead atoms. The van der Waals surface area contributed by atoms with E-state index in [9.17, 15) is 18.0 Å². The molecule has 0 amide bonds. The third-order valence-corrected chi connectivity index (χ3v) is 6.02. The highest BCUT2D eigenvalue weighted by Crippen LogP contribution is 2.34.